The molecular formula is C12H21N3O6. The number of aliphatic carboxylic acids is 2. The largest absolute Gasteiger partial charge is 0.481 e. The zero-order valence-corrected chi connectivity index (χ0v) is 12.3. The first-order valence-corrected chi connectivity index (χ1v) is 6.46. The summed E-state index contributed by atoms with van der Waals surface area (Å²) in [6, 6.07) is -2.36. The van der Waals surface area contributed by atoms with Crippen LogP contribution in [0.1, 0.15) is 20.3 Å². The number of nitrogens with zero attached hydrogens (tertiary/aromatic N) is 2. The molecule has 0 aliphatic rings. The first kappa shape index (κ1) is 18.7. The number of urea groups is 1. The van der Waals surface area contributed by atoms with Gasteiger partial charge >= 0.3 is 18.0 Å². The third-order valence-electron chi connectivity index (χ3n) is 2.81. The lowest BCUT2D eigenvalue weighted by molar-refractivity contribution is -0.145. The van der Waals surface area contributed by atoms with Crippen LogP contribution in [0.4, 0.5) is 4.79 Å². The van der Waals surface area contributed by atoms with Crippen molar-refractivity contribution in [1.29, 1.82) is 0 Å². The van der Waals surface area contributed by atoms with Crippen LogP contribution in [0.15, 0.2) is 0 Å². The van der Waals surface area contributed by atoms with Crippen LogP contribution in [0, 0.1) is 0 Å². The monoisotopic (exact) mass is 303 g/mol. The lowest BCUT2D eigenvalue weighted by atomic mass is 10.2. The molecule has 1 atom stereocenters. The molecule has 0 bridgehead atoms. The topological polar surface area (TPSA) is 127 Å². The van der Waals surface area contributed by atoms with E-state index in [1.165, 1.54) is 11.9 Å². The van der Waals surface area contributed by atoms with E-state index in [4.69, 9.17) is 10.2 Å². The first-order chi connectivity index (χ1) is 9.72. The van der Waals surface area contributed by atoms with Crippen molar-refractivity contribution in [2.24, 2.45) is 0 Å². The van der Waals surface area contributed by atoms with Crippen molar-refractivity contribution in [3.63, 3.8) is 0 Å². The van der Waals surface area contributed by atoms with Gasteiger partial charge in [0.2, 0.25) is 5.91 Å². The molecule has 0 fully saturated rings. The Labute approximate surface area is 122 Å². The van der Waals surface area contributed by atoms with Crippen LogP contribution in [-0.2, 0) is 14.4 Å². The van der Waals surface area contributed by atoms with Crippen LogP contribution < -0.4 is 5.32 Å². The SMILES string of the molecule is CCN(CC)C(=O)CN(C)C(=O)N[C@@H](CC(=O)O)C(=O)O. The molecule has 21 heavy (non-hydrogen) atoms. The van der Waals surface area contributed by atoms with Gasteiger partial charge in [0.25, 0.3) is 0 Å². The Morgan fingerprint density at radius 3 is 2.00 bits per heavy atom. The van der Waals surface area contributed by atoms with Gasteiger partial charge in [-0.3, -0.25) is 9.59 Å². The molecule has 120 valence electrons. The number of carbonyl (C=O) groups excluding carboxylic acids is 2. The summed E-state index contributed by atoms with van der Waals surface area (Å²) >= 11 is 0. The van der Waals surface area contributed by atoms with Gasteiger partial charge < -0.3 is 25.3 Å². The van der Waals surface area contributed by atoms with E-state index < -0.39 is 30.4 Å². The molecule has 0 aromatic rings. The number of carbonyl (C=O) groups is 4. The van der Waals surface area contributed by atoms with E-state index in [0.29, 0.717) is 13.1 Å². The van der Waals surface area contributed by atoms with Gasteiger partial charge in [0.15, 0.2) is 0 Å². The van der Waals surface area contributed by atoms with Crippen molar-refractivity contribution in [2.75, 3.05) is 26.7 Å². The quantitative estimate of drug-likeness (QED) is 0.550. The van der Waals surface area contributed by atoms with E-state index in [2.05, 4.69) is 5.32 Å². The minimum absolute atomic E-state index is 0.215. The van der Waals surface area contributed by atoms with Crippen molar-refractivity contribution < 1.29 is 29.4 Å². The van der Waals surface area contributed by atoms with Gasteiger partial charge in [0.1, 0.15) is 12.6 Å². The highest BCUT2D eigenvalue weighted by Crippen LogP contribution is 1.97. The highest BCUT2D eigenvalue weighted by atomic mass is 16.4. The van der Waals surface area contributed by atoms with E-state index in [1.54, 1.807) is 13.8 Å². The Morgan fingerprint density at radius 1 is 1.10 bits per heavy atom. The molecule has 0 saturated heterocycles. The van der Waals surface area contributed by atoms with Crippen LogP contribution in [-0.4, -0.2) is 76.6 Å². The van der Waals surface area contributed by atoms with E-state index in [-0.39, 0.29) is 12.5 Å². The molecular weight excluding hydrogens is 282 g/mol. The fourth-order valence-corrected chi connectivity index (χ4v) is 1.58. The molecule has 9 heteroatoms. The van der Waals surface area contributed by atoms with Gasteiger partial charge in [-0.2, -0.15) is 0 Å². The average Bonchev–Trinajstić information content (AvgIpc) is 2.38. The Kier molecular flexibility index (Phi) is 7.80. The Morgan fingerprint density at radius 2 is 1.62 bits per heavy atom. The molecule has 0 saturated carbocycles. The van der Waals surface area contributed by atoms with E-state index in [9.17, 15) is 19.2 Å². The standard InChI is InChI=1S/C12H21N3O6/c1-4-15(5-2)9(16)7-14(3)12(21)13-8(11(19)20)6-10(17)18/h8H,4-7H2,1-3H3,(H,13,21)(H,17,18)(H,19,20)/t8-/m0/s1. The summed E-state index contributed by atoms with van der Waals surface area (Å²) in [5.41, 5.74) is 0. The zero-order valence-electron chi connectivity index (χ0n) is 12.3. The lowest BCUT2D eigenvalue weighted by Crippen LogP contribution is -2.50. The molecule has 0 aliphatic heterocycles. The predicted octanol–water partition coefficient (Wildman–Crippen LogP) is -0.576. The van der Waals surface area contributed by atoms with Crippen LogP contribution in [0.2, 0.25) is 0 Å². The number of hydrogen-bond donors (Lipinski definition) is 3. The number of carboxylic acids is 2. The summed E-state index contributed by atoms with van der Waals surface area (Å²) in [4.78, 5) is 47.5. The third kappa shape index (κ3) is 6.59. The van der Waals surface area contributed by atoms with Crippen molar-refractivity contribution in [2.45, 2.75) is 26.3 Å². The van der Waals surface area contributed by atoms with Crippen molar-refractivity contribution in [3.8, 4) is 0 Å². The second-order valence-electron chi connectivity index (χ2n) is 4.36. The number of likely N-dealkylation sites (N-methyl/N-ethyl adjacent to an activating group) is 2. The third-order valence-corrected chi connectivity index (χ3v) is 2.81. The predicted molar refractivity (Wildman–Crippen MR) is 72.8 cm³/mol. The highest BCUT2D eigenvalue weighted by molar-refractivity contribution is 5.88. The number of rotatable bonds is 8. The molecule has 0 rings (SSSR count). The number of carboxylic acid groups (broad SMARTS) is 2. The summed E-state index contributed by atoms with van der Waals surface area (Å²) in [5, 5.41) is 19.5. The fourth-order valence-electron chi connectivity index (χ4n) is 1.58. The number of amides is 3. The molecule has 3 N–H and O–H groups in total. The zero-order chi connectivity index (χ0) is 16.6. The summed E-state index contributed by atoms with van der Waals surface area (Å²) < 4.78 is 0. The molecule has 0 heterocycles. The molecule has 9 nitrogen and oxygen atoms in total. The van der Waals surface area contributed by atoms with Gasteiger partial charge in [0, 0.05) is 20.1 Å². The Balaban J connectivity index is 4.59. The molecule has 0 unspecified atom stereocenters. The maximum atomic E-state index is 11.8. The Hall–Kier alpha value is -2.32. The Bertz CT molecular complexity index is 408. The maximum absolute atomic E-state index is 11.8. The summed E-state index contributed by atoms with van der Waals surface area (Å²) in [6.45, 7) is 4.39. The van der Waals surface area contributed by atoms with E-state index in [1.807, 2.05) is 0 Å². The van der Waals surface area contributed by atoms with Crippen molar-refractivity contribution in [3.05, 3.63) is 0 Å². The maximum Gasteiger partial charge on any atom is 0.326 e. The summed E-state index contributed by atoms with van der Waals surface area (Å²) in [7, 11) is 1.33. The number of hydrogen-bond acceptors (Lipinski definition) is 4. The second kappa shape index (κ2) is 8.77. The number of nitrogens with one attached hydrogen (secondary N) is 1. The molecule has 0 aliphatic carbocycles. The first-order valence-electron chi connectivity index (χ1n) is 6.46. The van der Waals surface area contributed by atoms with Crippen LogP contribution in [0.5, 0.6) is 0 Å². The van der Waals surface area contributed by atoms with Crippen LogP contribution in [0.25, 0.3) is 0 Å². The summed E-state index contributed by atoms with van der Waals surface area (Å²) in [6.07, 6.45) is -0.737. The van der Waals surface area contributed by atoms with E-state index in [0.717, 1.165) is 4.90 Å². The fraction of sp³-hybridized carbons (Fsp3) is 0.667. The van der Waals surface area contributed by atoms with Gasteiger partial charge in [-0.05, 0) is 13.8 Å². The van der Waals surface area contributed by atoms with E-state index >= 15 is 0 Å². The van der Waals surface area contributed by atoms with Gasteiger partial charge in [-0.25, -0.2) is 9.59 Å². The lowest BCUT2D eigenvalue weighted by Gasteiger charge is -2.24. The normalized spacial score (nSPS) is 11.4. The smallest absolute Gasteiger partial charge is 0.326 e. The van der Waals surface area contributed by atoms with Gasteiger partial charge in [0.05, 0.1) is 6.42 Å². The molecule has 3 amide bonds. The highest BCUT2D eigenvalue weighted by Gasteiger charge is 2.25. The molecule has 0 aromatic heterocycles. The average molecular weight is 303 g/mol. The molecule has 0 aromatic carbocycles. The molecule has 0 radical (unpaired) electrons. The minimum Gasteiger partial charge on any atom is -0.481 e. The van der Waals surface area contributed by atoms with Crippen molar-refractivity contribution >= 4 is 23.9 Å². The van der Waals surface area contributed by atoms with Gasteiger partial charge in [-0.15, -0.1) is 0 Å². The second-order valence-corrected chi connectivity index (χ2v) is 4.36. The van der Waals surface area contributed by atoms with Crippen LogP contribution >= 0.6 is 0 Å². The van der Waals surface area contributed by atoms with Crippen LogP contribution in [0.3, 0.4) is 0 Å². The minimum atomic E-state index is -1.54. The molecule has 0 spiro atoms. The van der Waals surface area contributed by atoms with Gasteiger partial charge in [-0.1, -0.05) is 0 Å². The van der Waals surface area contributed by atoms with Crippen molar-refractivity contribution in [1.82, 2.24) is 15.1 Å². The summed E-state index contributed by atoms with van der Waals surface area (Å²) in [5.74, 6) is -3.07.